The number of aliphatic hydroxyl groups excluding tert-OH is 1. The van der Waals surface area contributed by atoms with Crippen LogP contribution in [0.3, 0.4) is 0 Å². The fraction of sp³-hybridized carbons (Fsp3) is 0.154. The zero-order chi connectivity index (χ0) is 25.6. The Morgan fingerprint density at radius 2 is 1.97 bits per heavy atom. The Balaban J connectivity index is 1.71. The molecule has 10 heteroatoms. The first-order chi connectivity index (χ1) is 17.3. The van der Waals surface area contributed by atoms with Crippen molar-refractivity contribution in [1.29, 1.82) is 0 Å². The molecule has 7 nitrogen and oxygen atoms in total. The normalized spacial score (nSPS) is 17.2. The Morgan fingerprint density at radius 3 is 2.69 bits per heavy atom. The van der Waals surface area contributed by atoms with E-state index in [0.717, 1.165) is 10.3 Å². The van der Waals surface area contributed by atoms with E-state index < -0.39 is 17.7 Å². The molecule has 2 aromatic carbocycles. The maximum absolute atomic E-state index is 13.4. The van der Waals surface area contributed by atoms with Gasteiger partial charge in [0.25, 0.3) is 5.78 Å². The first kappa shape index (κ1) is 24.2. The molecule has 0 aliphatic carbocycles. The van der Waals surface area contributed by atoms with Gasteiger partial charge in [-0.3, -0.25) is 19.5 Å². The molecule has 1 atom stereocenters. The Bertz CT molecular complexity index is 1510. The number of carbonyl (C=O) groups is 2. The molecule has 0 saturated carbocycles. The van der Waals surface area contributed by atoms with Crippen molar-refractivity contribution in [2.24, 2.45) is 0 Å². The molecular weight excluding hydrogens is 521 g/mol. The number of hydrogen-bond donors (Lipinski definition) is 1. The van der Waals surface area contributed by atoms with Gasteiger partial charge in [-0.2, -0.15) is 0 Å². The topological polar surface area (TPSA) is 92.6 Å². The molecule has 1 saturated heterocycles. The number of fused-ring (bicyclic) bond motifs is 1. The van der Waals surface area contributed by atoms with Crippen LogP contribution >= 0.6 is 34.5 Å². The fourth-order valence-electron chi connectivity index (χ4n) is 4.10. The summed E-state index contributed by atoms with van der Waals surface area (Å²) in [6, 6.07) is 10.8. The minimum atomic E-state index is -0.943. The van der Waals surface area contributed by atoms with Crippen molar-refractivity contribution < 1.29 is 19.4 Å². The standard InChI is InChI=1S/C26H19Cl2N3O4S/c1-3-35-19-10-14(6-7-16(19)27)23(32)21-22(15-5-4-8-29-12-15)31(25(34)24(21)33)26-30-18-11-17(28)13(2)9-20(18)36-26/h4-12,22,32H,3H2,1-2H3/b23-21+. The van der Waals surface area contributed by atoms with E-state index in [4.69, 9.17) is 27.9 Å². The number of thiazole rings is 1. The van der Waals surface area contributed by atoms with Gasteiger partial charge in [-0.25, -0.2) is 4.98 Å². The molecule has 1 amide bonds. The predicted molar refractivity (Wildman–Crippen MR) is 141 cm³/mol. The van der Waals surface area contributed by atoms with Gasteiger partial charge in [0.15, 0.2) is 5.13 Å². The summed E-state index contributed by atoms with van der Waals surface area (Å²) in [5, 5.41) is 12.6. The highest BCUT2D eigenvalue weighted by atomic mass is 35.5. The first-order valence-corrected chi connectivity index (χ1v) is 12.6. The summed E-state index contributed by atoms with van der Waals surface area (Å²) in [6.07, 6.45) is 3.14. The van der Waals surface area contributed by atoms with Gasteiger partial charge in [0.05, 0.1) is 33.5 Å². The molecule has 2 aromatic heterocycles. The van der Waals surface area contributed by atoms with Gasteiger partial charge >= 0.3 is 5.91 Å². The number of aromatic nitrogens is 2. The highest BCUT2D eigenvalue weighted by molar-refractivity contribution is 7.22. The number of halogens is 2. The molecule has 1 unspecified atom stereocenters. The number of amides is 1. The molecule has 0 bridgehead atoms. The number of anilines is 1. The van der Waals surface area contributed by atoms with Crippen LogP contribution < -0.4 is 9.64 Å². The van der Waals surface area contributed by atoms with Crippen molar-refractivity contribution in [3.63, 3.8) is 0 Å². The lowest BCUT2D eigenvalue weighted by atomic mass is 9.96. The zero-order valence-corrected chi connectivity index (χ0v) is 21.5. The smallest absolute Gasteiger partial charge is 0.301 e. The van der Waals surface area contributed by atoms with Crippen molar-refractivity contribution >= 4 is 67.3 Å². The van der Waals surface area contributed by atoms with Crippen LogP contribution in [0.25, 0.3) is 16.0 Å². The SMILES string of the molecule is CCOc1cc(/C(O)=C2\C(=O)C(=O)N(c3nc4cc(Cl)c(C)cc4s3)C2c2cccnc2)ccc1Cl. The number of Topliss-reactive ketones (excluding diaryl/α,β-unsaturated/α-hetero) is 1. The van der Waals surface area contributed by atoms with Crippen molar-refractivity contribution in [3.8, 4) is 5.75 Å². The summed E-state index contributed by atoms with van der Waals surface area (Å²) in [5.41, 5.74) is 2.24. The molecule has 1 N–H and O–H groups in total. The number of benzene rings is 2. The van der Waals surface area contributed by atoms with Crippen LogP contribution in [-0.2, 0) is 9.59 Å². The Labute approximate surface area is 220 Å². The lowest BCUT2D eigenvalue weighted by Crippen LogP contribution is -2.29. The molecule has 1 aliphatic rings. The number of aryl methyl sites for hydroxylation is 1. The van der Waals surface area contributed by atoms with Gasteiger partial charge < -0.3 is 9.84 Å². The van der Waals surface area contributed by atoms with E-state index in [2.05, 4.69) is 9.97 Å². The molecule has 1 aliphatic heterocycles. The first-order valence-electron chi connectivity index (χ1n) is 11.0. The van der Waals surface area contributed by atoms with Crippen molar-refractivity contribution in [1.82, 2.24) is 9.97 Å². The molecule has 1 fully saturated rings. The van der Waals surface area contributed by atoms with Crippen LogP contribution in [0.1, 0.15) is 29.7 Å². The molecule has 36 heavy (non-hydrogen) atoms. The number of nitrogens with zero attached hydrogens (tertiary/aromatic N) is 3. The van der Waals surface area contributed by atoms with Crippen molar-refractivity contribution in [2.45, 2.75) is 19.9 Å². The van der Waals surface area contributed by atoms with E-state index in [1.807, 2.05) is 19.9 Å². The van der Waals surface area contributed by atoms with Crippen LogP contribution in [0, 0.1) is 6.92 Å². The second-order valence-electron chi connectivity index (χ2n) is 8.10. The molecule has 4 aromatic rings. The van der Waals surface area contributed by atoms with E-state index in [0.29, 0.717) is 44.2 Å². The van der Waals surface area contributed by atoms with Gasteiger partial charge in [-0.1, -0.05) is 40.6 Å². The van der Waals surface area contributed by atoms with Crippen LogP contribution in [0.5, 0.6) is 5.75 Å². The number of ketones is 1. The Kier molecular flexibility index (Phi) is 6.42. The Hall–Kier alpha value is -3.46. The summed E-state index contributed by atoms with van der Waals surface area (Å²) >= 11 is 13.7. The number of rotatable bonds is 5. The maximum Gasteiger partial charge on any atom is 0.301 e. The van der Waals surface area contributed by atoms with Gasteiger partial charge in [0.1, 0.15) is 11.5 Å². The fourth-order valence-corrected chi connectivity index (χ4v) is 5.50. The van der Waals surface area contributed by atoms with E-state index in [-0.39, 0.29) is 11.3 Å². The average Bonchev–Trinajstić information content (AvgIpc) is 3.38. The van der Waals surface area contributed by atoms with E-state index >= 15 is 0 Å². The van der Waals surface area contributed by atoms with Crippen molar-refractivity contribution in [2.75, 3.05) is 11.5 Å². The molecular formula is C26H19Cl2N3O4S. The molecule has 0 spiro atoms. The second kappa shape index (κ2) is 9.54. The number of carbonyl (C=O) groups excluding carboxylic acids is 2. The van der Waals surface area contributed by atoms with E-state index in [1.54, 1.807) is 42.7 Å². The summed E-state index contributed by atoms with van der Waals surface area (Å²) in [7, 11) is 0. The quantitative estimate of drug-likeness (QED) is 0.181. The molecule has 182 valence electrons. The molecule has 3 heterocycles. The summed E-state index contributed by atoms with van der Waals surface area (Å²) < 4.78 is 6.35. The number of aliphatic hydroxyl groups is 1. The third-order valence-electron chi connectivity index (χ3n) is 5.81. The summed E-state index contributed by atoms with van der Waals surface area (Å²) in [6.45, 7) is 4.06. The van der Waals surface area contributed by atoms with Crippen molar-refractivity contribution in [3.05, 3.63) is 87.2 Å². The third-order valence-corrected chi connectivity index (χ3v) is 7.55. The minimum absolute atomic E-state index is 0.0776. The Morgan fingerprint density at radius 1 is 1.17 bits per heavy atom. The number of hydrogen-bond acceptors (Lipinski definition) is 7. The monoisotopic (exact) mass is 539 g/mol. The molecule has 5 rings (SSSR count). The van der Waals surface area contributed by atoms with Crippen LogP contribution in [0.15, 0.2) is 60.4 Å². The van der Waals surface area contributed by atoms with Gasteiger partial charge in [-0.15, -0.1) is 0 Å². The van der Waals surface area contributed by atoms with Crippen LogP contribution in [0.4, 0.5) is 5.13 Å². The minimum Gasteiger partial charge on any atom is -0.507 e. The highest BCUT2D eigenvalue weighted by Crippen LogP contribution is 2.45. The molecule has 0 radical (unpaired) electrons. The third kappa shape index (κ3) is 4.11. The highest BCUT2D eigenvalue weighted by Gasteiger charge is 2.48. The van der Waals surface area contributed by atoms with Crippen LogP contribution in [-0.4, -0.2) is 33.4 Å². The van der Waals surface area contributed by atoms with Gasteiger partial charge in [0.2, 0.25) is 0 Å². The van der Waals surface area contributed by atoms with Gasteiger partial charge in [0, 0.05) is 23.0 Å². The maximum atomic E-state index is 13.4. The largest absolute Gasteiger partial charge is 0.507 e. The van der Waals surface area contributed by atoms with Gasteiger partial charge in [-0.05, 0) is 61.4 Å². The summed E-state index contributed by atoms with van der Waals surface area (Å²) in [5.74, 6) is -1.62. The summed E-state index contributed by atoms with van der Waals surface area (Å²) in [4.78, 5) is 36.8. The second-order valence-corrected chi connectivity index (χ2v) is 9.92. The number of pyridine rings is 1. The number of ether oxygens (including phenoxy) is 1. The predicted octanol–water partition coefficient (Wildman–Crippen LogP) is 6.33. The lowest BCUT2D eigenvalue weighted by Gasteiger charge is -2.22. The lowest BCUT2D eigenvalue weighted by molar-refractivity contribution is -0.132. The van der Waals surface area contributed by atoms with Crippen LogP contribution in [0.2, 0.25) is 10.0 Å². The van der Waals surface area contributed by atoms with E-state index in [9.17, 15) is 14.7 Å². The zero-order valence-electron chi connectivity index (χ0n) is 19.2. The average molecular weight is 540 g/mol. The van der Waals surface area contributed by atoms with E-state index in [1.165, 1.54) is 22.3 Å².